The highest BCUT2D eigenvalue weighted by molar-refractivity contribution is 5.69. The van der Waals surface area contributed by atoms with Crippen molar-refractivity contribution in [2.45, 2.75) is 26.0 Å². The van der Waals surface area contributed by atoms with Gasteiger partial charge in [0.15, 0.2) is 11.5 Å². The molecule has 6 rings (SSSR count). The number of nitro groups is 1. The minimum Gasteiger partial charge on any atom is -0.493 e. The van der Waals surface area contributed by atoms with Gasteiger partial charge in [-0.15, -0.1) is 15.0 Å². The average molecular weight is 594 g/mol. The average Bonchev–Trinajstić information content (AvgIpc) is 3.56. The number of tetrazole rings is 1. The van der Waals surface area contributed by atoms with Gasteiger partial charge < -0.3 is 14.2 Å². The third-order valence-corrected chi connectivity index (χ3v) is 7.63. The molecule has 1 aliphatic heterocycles. The van der Waals surface area contributed by atoms with Crippen molar-refractivity contribution in [3.8, 4) is 34.3 Å². The smallest absolute Gasteiger partial charge is 0.280 e. The van der Waals surface area contributed by atoms with E-state index >= 15 is 0 Å². The lowest BCUT2D eigenvalue weighted by Gasteiger charge is -2.29. The summed E-state index contributed by atoms with van der Waals surface area (Å²) in [5, 5.41) is 24.5. The summed E-state index contributed by atoms with van der Waals surface area (Å²) in [6.45, 7) is 3.03. The van der Waals surface area contributed by atoms with Crippen LogP contribution in [0.4, 0.5) is 5.69 Å². The van der Waals surface area contributed by atoms with Crippen molar-refractivity contribution in [1.29, 1.82) is 0 Å². The number of hydrogen-bond donors (Lipinski definition) is 0. The van der Waals surface area contributed by atoms with E-state index in [9.17, 15) is 10.1 Å². The second kappa shape index (κ2) is 12.9. The van der Waals surface area contributed by atoms with Gasteiger partial charge in [0.1, 0.15) is 17.9 Å². The lowest BCUT2D eigenvalue weighted by Crippen LogP contribution is -2.32. The highest BCUT2D eigenvalue weighted by atomic mass is 16.6. The van der Waals surface area contributed by atoms with Gasteiger partial charge >= 0.3 is 0 Å². The standard InChI is InChI=1S/C32H31N7O5/c1-42-30-16-24-12-15-37(20-25(24)17-31(30)43-2)14-11-22-5-7-26(8-6-22)38-35-32(34-36-38)28-18-27(9-10-29(28)39(40)41)44-21-23-4-3-13-33-19-23/h3-10,13,16-19H,11-12,14-15,20-21H2,1-2H3. The number of benzene rings is 3. The Labute approximate surface area is 254 Å². The van der Waals surface area contributed by atoms with Gasteiger partial charge in [-0.2, -0.15) is 0 Å². The highest BCUT2D eigenvalue weighted by Gasteiger charge is 2.22. The molecule has 0 saturated heterocycles. The van der Waals surface area contributed by atoms with E-state index in [2.05, 4.69) is 37.4 Å². The third kappa shape index (κ3) is 6.35. The Morgan fingerprint density at radius 2 is 1.75 bits per heavy atom. The summed E-state index contributed by atoms with van der Waals surface area (Å²) in [6.07, 6.45) is 5.23. The first kappa shape index (κ1) is 28.7. The van der Waals surface area contributed by atoms with Gasteiger partial charge in [-0.25, -0.2) is 0 Å². The molecule has 5 aromatic rings. The van der Waals surface area contributed by atoms with Crippen LogP contribution in [-0.4, -0.2) is 62.3 Å². The lowest BCUT2D eigenvalue weighted by atomic mass is 9.98. The zero-order chi connectivity index (χ0) is 30.5. The summed E-state index contributed by atoms with van der Waals surface area (Å²) in [6, 6.07) is 20.3. The van der Waals surface area contributed by atoms with Crippen molar-refractivity contribution >= 4 is 5.69 Å². The first-order valence-electron chi connectivity index (χ1n) is 14.2. The van der Waals surface area contributed by atoms with Crippen LogP contribution in [0.25, 0.3) is 17.1 Å². The first-order valence-corrected chi connectivity index (χ1v) is 14.2. The van der Waals surface area contributed by atoms with Crippen LogP contribution in [0.5, 0.6) is 17.2 Å². The van der Waals surface area contributed by atoms with Crippen molar-refractivity contribution in [2.75, 3.05) is 27.3 Å². The zero-order valence-electron chi connectivity index (χ0n) is 24.4. The summed E-state index contributed by atoms with van der Waals surface area (Å²) in [5.74, 6) is 2.11. The predicted octanol–water partition coefficient (Wildman–Crippen LogP) is 4.83. The SMILES string of the molecule is COc1cc2c(cc1OC)CN(CCc1ccc(-n3nnc(-c4cc(OCc5cccnc5)ccc4[N+](=O)[O-])n3)cc1)CC2. The molecule has 3 aromatic carbocycles. The van der Waals surface area contributed by atoms with Gasteiger partial charge in [0.2, 0.25) is 5.82 Å². The second-order valence-corrected chi connectivity index (χ2v) is 10.4. The van der Waals surface area contributed by atoms with E-state index < -0.39 is 4.92 Å². The van der Waals surface area contributed by atoms with E-state index in [1.54, 1.807) is 38.7 Å². The topological polar surface area (TPSA) is 131 Å². The summed E-state index contributed by atoms with van der Waals surface area (Å²) >= 11 is 0. The highest BCUT2D eigenvalue weighted by Crippen LogP contribution is 2.34. The molecule has 224 valence electrons. The number of hydrogen-bond acceptors (Lipinski definition) is 10. The molecule has 0 bridgehead atoms. The molecule has 0 aliphatic carbocycles. The first-order chi connectivity index (χ1) is 21.5. The molecule has 0 amide bonds. The van der Waals surface area contributed by atoms with Gasteiger partial charge in [0.05, 0.1) is 24.8 Å². The van der Waals surface area contributed by atoms with E-state index in [1.165, 1.54) is 27.6 Å². The van der Waals surface area contributed by atoms with Gasteiger partial charge in [0, 0.05) is 43.7 Å². The summed E-state index contributed by atoms with van der Waals surface area (Å²) < 4.78 is 16.8. The molecule has 2 aromatic heterocycles. The fourth-order valence-corrected chi connectivity index (χ4v) is 5.24. The number of ether oxygens (including phenoxy) is 3. The molecule has 1 aliphatic rings. The maximum absolute atomic E-state index is 11.8. The van der Waals surface area contributed by atoms with Crippen LogP contribution >= 0.6 is 0 Å². The van der Waals surface area contributed by atoms with Gasteiger partial charge in [0.25, 0.3) is 5.69 Å². The Morgan fingerprint density at radius 3 is 2.48 bits per heavy atom. The number of rotatable bonds is 11. The largest absolute Gasteiger partial charge is 0.493 e. The number of nitrogens with zero attached hydrogens (tertiary/aromatic N) is 7. The molecule has 0 N–H and O–H groups in total. The van der Waals surface area contributed by atoms with Crippen molar-refractivity contribution in [3.63, 3.8) is 0 Å². The van der Waals surface area contributed by atoms with Crippen molar-refractivity contribution in [2.24, 2.45) is 0 Å². The van der Waals surface area contributed by atoms with Crippen molar-refractivity contribution in [3.05, 3.63) is 111 Å². The summed E-state index contributed by atoms with van der Waals surface area (Å²) in [4.78, 5) is 19.2. The molecule has 3 heterocycles. The van der Waals surface area contributed by atoms with Crippen LogP contribution in [0.2, 0.25) is 0 Å². The lowest BCUT2D eigenvalue weighted by molar-refractivity contribution is -0.384. The molecule has 0 fully saturated rings. The summed E-state index contributed by atoms with van der Waals surface area (Å²) in [5.41, 5.74) is 5.42. The summed E-state index contributed by atoms with van der Waals surface area (Å²) in [7, 11) is 3.32. The van der Waals surface area contributed by atoms with E-state index in [0.717, 1.165) is 49.5 Å². The quantitative estimate of drug-likeness (QED) is 0.155. The number of pyridine rings is 1. The third-order valence-electron chi connectivity index (χ3n) is 7.63. The molecule has 0 unspecified atom stereocenters. The molecule has 44 heavy (non-hydrogen) atoms. The van der Waals surface area contributed by atoms with Crippen LogP contribution < -0.4 is 14.2 Å². The minimum absolute atomic E-state index is 0.132. The van der Waals surface area contributed by atoms with Crippen LogP contribution in [0, 0.1) is 10.1 Å². The second-order valence-electron chi connectivity index (χ2n) is 10.4. The Morgan fingerprint density at radius 1 is 0.955 bits per heavy atom. The fraction of sp³-hybridized carbons (Fsp3) is 0.250. The van der Waals surface area contributed by atoms with Crippen LogP contribution in [-0.2, 0) is 26.0 Å². The normalized spacial score (nSPS) is 12.9. The fourth-order valence-electron chi connectivity index (χ4n) is 5.24. The number of fused-ring (bicyclic) bond motifs is 1. The Balaban J connectivity index is 1.11. The van der Waals surface area contributed by atoms with Gasteiger partial charge in [-0.1, -0.05) is 18.2 Å². The zero-order valence-corrected chi connectivity index (χ0v) is 24.4. The molecule has 0 saturated carbocycles. The van der Waals surface area contributed by atoms with Crippen LogP contribution in [0.1, 0.15) is 22.3 Å². The maximum Gasteiger partial charge on any atom is 0.280 e. The van der Waals surface area contributed by atoms with Crippen molar-refractivity contribution < 1.29 is 19.1 Å². The Hall–Kier alpha value is -5.36. The van der Waals surface area contributed by atoms with Gasteiger partial charge in [-0.3, -0.25) is 20.0 Å². The minimum atomic E-state index is -0.468. The number of aromatic nitrogens is 5. The molecule has 0 radical (unpaired) electrons. The predicted molar refractivity (Wildman–Crippen MR) is 162 cm³/mol. The van der Waals surface area contributed by atoms with Crippen LogP contribution in [0.3, 0.4) is 0 Å². The van der Waals surface area contributed by atoms with E-state index in [0.29, 0.717) is 11.4 Å². The van der Waals surface area contributed by atoms with Gasteiger partial charge in [-0.05, 0) is 77.2 Å². The molecule has 0 spiro atoms. The Kier molecular flexibility index (Phi) is 8.41. The Bertz CT molecular complexity index is 1760. The van der Waals surface area contributed by atoms with E-state index in [1.807, 2.05) is 36.4 Å². The number of nitro benzene ring substituents is 1. The van der Waals surface area contributed by atoms with Crippen LogP contribution in [0.15, 0.2) is 79.1 Å². The molecule has 0 atom stereocenters. The van der Waals surface area contributed by atoms with E-state index in [-0.39, 0.29) is 23.7 Å². The van der Waals surface area contributed by atoms with Crippen molar-refractivity contribution in [1.82, 2.24) is 30.1 Å². The molecule has 12 heteroatoms. The molecular formula is C32H31N7O5. The monoisotopic (exact) mass is 593 g/mol. The number of methoxy groups -OCH3 is 2. The maximum atomic E-state index is 11.8. The molecular weight excluding hydrogens is 562 g/mol. The molecule has 12 nitrogen and oxygen atoms in total. The van der Waals surface area contributed by atoms with E-state index in [4.69, 9.17) is 14.2 Å².